The quantitative estimate of drug-likeness (QED) is 0.314. The highest BCUT2D eigenvalue weighted by Crippen LogP contribution is 2.32. The molecule has 8 heteroatoms. The summed E-state index contributed by atoms with van der Waals surface area (Å²) in [7, 11) is 3.24. The first-order valence-corrected chi connectivity index (χ1v) is 10.4. The molecule has 1 N–H and O–H groups in total. The molecule has 0 aliphatic heterocycles. The lowest BCUT2D eigenvalue weighted by molar-refractivity contribution is -0.122. The molecule has 8 nitrogen and oxygen atoms in total. The van der Waals surface area contributed by atoms with Crippen LogP contribution in [0.15, 0.2) is 53.9 Å². The van der Waals surface area contributed by atoms with Crippen LogP contribution in [-0.2, 0) is 17.8 Å². The molecule has 0 atom stereocenters. The zero-order valence-electron chi connectivity index (χ0n) is 19.4. The van der Waals surface area contributed by atoms with Gasteiger partial charge in [0, 0.05) is 30.6 Å². The maximum absolute atomic E-state index is 8.36. The van der Waals surface area contributed by atoms with E-state index in [2.05, 4.69) is 34.1 Å². The summed E-state index contributed by atoms with van der Waals surface area (Å²) < 4.78 is 10.8. The van der Waals surface area contributed by atoms with Crippen LogP contribution < -0.4 is 9.47 Å². The van der Waals surface area contributed by atoms with Crippen molar-refractivity contribution in [1.29, 1.82) is 0 Å². The van der Waals surface area contributed by atoms with Crippen molar-refractivity contribution in [3.8, 4) is 11.5 Å². The average molecular weight is 441 g/mol. The SMILES string of the molecule is CC.CCN(Cc1ccccc1)/N=C\Cc1ncnc2cc(OC)c(OC)cc12.O=CO. The molecule has 0 bridgehead atoms. The largest absolute Gasteiger partial charge is 0.493 e. The molecule has 3 rings (SSSR count). The lowest BCUT2D eigenvalue weighted by atomic mass is 10.1. The molecule has 0 aliphatic carbocycles. The minimum absolute atomic E-state index is 0.250. The molecule has 0 unspecified atom stereocenters. The van der Waals surface area contributed by atoms with Gasteiger partial charge in [0.15, 0.2) is 11.5 Å². The number of hydrazone groups is 1. The van der Waals surface area contributed by atoms with Gasteiger partial charge in [0.1, 0.15) is 6.33 Å². The Kier molecular flexibility index (Phi) is 12.5. The predicted molar refractivity (Wildman–Crippen MR) is 127 cm³/mol. The van der Waals surface area contributed by atoms with Crippen molar-refractivity contribution in [2.24, 2.45) is 5.10 Å². The van der Waals surface area contributed by atoms with Gasteiger partial charge >= 0.3 is 0 Å². The van der Waals surface area contributed by atoms with Crippen molar-refractivity contribution in [3.05, 3.63) is 60.0 Å². The molecule has 1 aromatic heterocycles. The molecule has 0 fully saturated rings. The minimum atomic E-state index is -0.250. The van der Waals surface area contributed by atoms with Crippen LogP contribution in [-0.4, -0.2) is 53.5 Å². The highest BCUT2D eigenvalue weighted by molar-refractivity contribution is 5.86. The third-order valence-electron chi connectivity index (χ3n) is 4.33. The van der Waals surface area contributed by atoms with Crippen molar-refractivity contribution >= 4 is 23.6 Å². The highest BCUT2D eigenvalue weighted by atomic mass is 16.5. The fourth-order valence-electron chi connectivity index (χ4n) is 2.87. The summed E-state index contributed by atoms with van der Waals surface area (Å²) >= 11 is 0. The fourth-order valence-corrected chi connectivity index (χ4v) is 2.87. The van der Waals surface area contributed by atoms with Crippen molar-refractivity contribution < 1.29 is 19.4 Å². The molecule has 172 valence electrons. The fraction of sp³-hybridized carbons (Fsp3) is 0.333. The van der Waals surface area contributed by atoms with Gasteiger partial charge in [-0.1, -0.05) is 44.2 Å². The molecule has 1 heterocycles. The maximum atomic E-state index is 8.36. The van der Waals surface area contributed by atoms with Crippen LogP contribution in [0, 0.1) is 0 Å². The number of hydrogen-bond donors (Lipinski definition) is 1. The Morgan fingerprint density at radius 1 is 1.06 bits per heavy atom. The lowest BCUT2D eigenvalue weighted by Gasteiger charge is -2.16. The van der Waals surface area contributed by atoms with Crippen molar-refractivity contribution in [3.63, 3.8) is 0 Å². The van der Waals surface area contributed by atoms with Gasteiger partial charge in [0.2, 0.25) is 0 Å². The van der Waals surface area contributed by atoms with Crippen molar-refractivity contribution in [2.45, 2.75) is 33.7 Å². The Morgan fingerprint density at radius 3 is 2.28 bits per heavy atom. The molecule has 0 saturated heterocycles. The third kappa shape index (κ3) is 7.86. The van der Waals surface area contributed by atoms with E-state index in [1.165, 1.54) is 5.56 Å². The smallest absolute Gasteiger partial charge is 0.290 e. The van der Waals surface area contributed by atoms with Crippen LogP contribution in [0.4, 0.5) is 0 Å². The second-order valence-electron chi connectivity index (χ2n) is 6.12. The first kappa shape index (κ1) is 26.4. The Balaban J connectivity index is 0.000000944. The summed E-state index contributed by atoms with van der Waals surface area (Å²) in [6.07, 6.45) is 4.07. The van der Waals surface area contributed by atoms with Crippen molar-refractivity contribution in [1.82, 2.24) is 15.0 Å². The van der Waals surface area contributed by atoms with E-state index in [1.54, 1.807) is 20.5 Å². The van der Waals surface area contributed by atoms with Crippen LogP contribution >= 0.6 is 0 Å². The molecule has 0 radical (unpaired) electrons. The third-order valence-corrected chi connectivity index (χ3v) is 4.33. The number of rotatable bonds is 8. The van der Waals surface area contributed by atoms with Gasteiger partial charge < -0.3 is 14.6 Å². The van der Waals surface area contributed by atoms with E-state index in [0.717, 1.165) is 29.7 Å². The summed E-state index contributed by atoms with van der Waals surface area (Å²) in [6.45, 7) is 7.46. The van der Waals surface area contributed by atoms with Crippen LogP contribution in [0.3, 0.4) is 0 Å². The number of carbonyl (C=O) groups is 1. The number of benzene rings is 2. The Hall–Kier alpha value is -3.68. The number of methoxy groups -OCH3 is 2. The van der Waals surface area contributed by atoms with E-state index in [4.69, 9.17) is 19.4 Å². The summed E-state index contributed by atoms with van der Waals surface area (Å²) in [5.74, 6) is 1.32. The zero-order valence-corrected chi connectivity index (χ0v) is 19.4. The molecule has 0 saturated carbocycles. The maximum Gasteiger partial charge on any atom is 0.290 e. The van der Waals surface area contributed by atoms with Gasteiger partial charge in [0.25, 0.3) is 6.47 Å². The number of ether oxygens (including phenoxy) is 2. The lowest BCUT2D eigenvalue weighted by Crippen LogP contribution is -2.16. The summed E-state index contributed by atoms with van der Waals surface area (Å²) in [6, 6.07) is 14.1. The Bertz CT molecular complexity index is 965. The highest BCUT2D eigenvalue weighted by Gasteiger charge is 2.10. The number of nitrogens with zero attached hydrogens (tertiary/aromatic N) is 4. The summed E-state index contributed by atoms with van der Waals surface area (Å²) in [5, 5.41) is 14.5. The Labute approximate surface area is 189 Å². The van der Waals surface area contributed by atoms with E-state index >= 15 is 0 Å². The van der Waals surface area contributed by atoms with Crippen LogP contribution in [0.1, 0.15) is 32.0 Å². The molecule has 32 heavy (non-hydrogen) atoms. The molecule has 3 aromatic rings. The molecular weight excluding hydrogens is 408 g/mol. The topological polar surface area (TPSA) is 97.1 Å². The zero-order chi connectivity index (χ0) is 23.8. The van der Waals surface area contributed by atoms with Crippen molar-refractivity contribution in [2.75, 3.05) is 20.8 Å². The van der Waals surface area contributed by atoms with Gasteiger partial charge in [-0.25, -0.2) is 9.97 Å². The second-order valence-corrected chi connectivity index (χ2v) is 6.12. The monoisotopic (exact) mass is 440 g/mol. The molecule has 2 aromatic carbocycles. The van der Waals surface area contributed by atoms with Gasteiger partial charge in [-0.2, -0.15) is 5.10 Å². The number of fused-ring (bicyclic) bond motifs is 1. The summed E-state index contributed by atoms with van der Waals surface area (Å²) in [4.78, 5) is 17.1. The van der Waals surface area contributed by atoms with Crippen LogP contribution in [0.25, 0.3) is 10.9 Å². The van der Waals surface area contributed by atoms with Crippen LogP contribution in [0.2, 0.25) is 0 Å². The first-order chi connectivity index (χ1) is 15.7. The molecule has 0 spiro atoms. The number of aromatic nitrogens is 2. The molecule has 0 amide bonds. The van der Waals surface area contributed by atoms with Gasteiger partial charge in [0.05, 0.1) is 32.0 Å². The van der Waals surface area contributed by atoms with Crippen LogP contribution in [0.5, 0.6) is 11.5 Å². The van der Waals surface area contributed by atoms with Gasteiger partial charge in [-0.15, -0.1) is 0 Å². The van der Waals surface area contributed by atoms with Gasteiger partial charge in [-0.3, -0.25) is 9.80 Å². The van der Waals surface area contributed by atoms with E-state index in [-0.39, 0.29) is 6.47 Å². The normalized spacial score (nSPS) is 9.91. The minimum Gasteiger partial charge on any atom is -0.493 e. The van der Waals surface area contributed by atoms with E-state index < -0.39 is 0 Å². The molecular formula is C24H32N4O4. The average Bonchev–Trinajstić information content (AvgIpc) is 2.85. The van der Waals surface area contributed by atoms with E-state index in [9.17, 15) is 0 Å². The summed E-state index contributed by atoms with van der Waals surface area (Å²) in [5.41, 5.74) is 2.96. The standard InChI is InChI=1S/C21H24N4O2.C2H6.CH2O2/c1-4-25(14-16-8-6-5-7-9-16)24-11-10-18-17-12-20(26-2)21(27-3)13-19(17)23-15-22-18;1-2;2-1-3/h5-9,11-13,15H,4,10,14H2,1-3H3;1-2H3;1H,(H,2,3)/b24-11-;;. The Morgan fingerprint density at radius 2 is 1.69 bits per heavy atom. The van der Waals surface area contributed by atoms with E-state index in [0.29, 0.717) is 17.9 Å². The predicted octanol–water partition coefficient (Wildman–Crippen LogP) is 4.42. The number of hydrogen-bond acceptors (Lipinski definition) is 7. The van der Waals surface area contributed by atoms with E-state index in [1.807, 2.05) is 55.4 Å². The molecule has 0 aliphatic rings. The second kappa shape index (κ2) is 15.2. The van der Waals surface area contributed by atoms with Gasteiger partial charge in [-0.05, 0) is 18.6 Å². The first-order valence-electron chi connectivity index (χ1n) is 10.4. The number of carboxylic acid groups (broad SMARTS) is 1.